The minimum atomic E-state index is 0.0791. The monoisotopic (exact) mass is 209 g/mol. The van der Waals surface area contributed by atoms with E-state index in [0.717, 1.165) is 0 Å². The van der Waals surface area contributed by atoms with Gasteiger partial charge >= 0.3 is 0 Å². The number of carbonyl (C=O) groups is 2. The number of ketones is 1. The first-order chi connectivity index (χ1) is 6.78. The molecule has 3 nitrogen and oxygen atoms in total. The third-order valence-electron chi connectivity index (χ3n) is 4.61. The van der Waals surface area contributed by atoms with E-state index in [2.05, 4.69) is 27.7 Å². The molecule has 84 valence electrons. The average Bonchev–Trinajstić information content (AvgIpc) is 2.49. The van der Waals surface area contributed by atoms with Crippen molar-refractivity contribution < 1.29 is 9.59 Å². The molecule has 0 unspecified atom stereocenters. The molecule has 1 aliphatic heterocycles. The number of amides is 1. The number of nitrogens with zero attached hydrogens (tertiary/aromatic N) is 1. The maximum atomic E-state index is 12.2. The highest BCUT2D eigenvalue weighted by molar-refractivity contribution is 5.92. The smallest absolute Gasteiger partial charge is 0.227 e. The van der Waals surface area contributed by atoms with Gasteiger partial charge in [0.2, 0.25) is 5.91 Å². The minimum absolute atomic E-state index is 0.0791. The molecule has 1 amide bonds. The van der Waals surface area contributed by atoms with E-state index < -0.39 is 0 Å². The van der Waals surface area contributed by atoms with E-state index in [9.17, 15) is 9.59 Å². The highest BCUT2D eigenvalue weighted by Crippen LogP contribution is 2.68. The third kappa shape index (κ3) is 1.32. The van der Waals surface area contributed by atoms with Gasteiger partial charge in [0.15, 0.2) is 5.78 Å². The van der Waals surface area contributed by atoms with Crippen LogP contribution in [0, 0.1) is 16.7 Å². The quantitative estimate of drug-likeness (QED) is 0.656. The van der Waals surface area contributed by atoms with Crippen LogP contribution in [-0.2, 0) is 9.59 Å². The summed E-state index contributed by atoms with van der Waals surface area (Å²) in [5.74, 6) is 0.464. The predicted molar refractivity (Wildman–Crippen MR) is 57.3 cm³/mol. The summed E-state index contributed by atoms with van der Waals surface area (Å²) in [5, 5.41) is 0. The SMILES string of the molecule is CC1(C)C(C(=O)N2CCC(=O)C2)C1(C)C. The second-order valence-electron chi connectivity index (χ2n) is 5.92. The zero-order chi connectivity index (χ0) is 11.4. The Morgan fingerprint density at radius 2 is 1.80 bits per heavy atom. The second-order valence-corrected chi connectivity index (χ2v) is 5.92. The van der Waals surface area contributed by atoms with Crippen molar-refractivity contribution in [3.8, 4) is 0 Å². The Balaban J connectivity index is 2.08. The summed E-state index contributed by atoms with van der Waals surface area (Å²) >= 11 is 0. The van der Waals surface area contributed by atoms with Gasteiger partial charge in [-0.25, -0.2) is 0 Å². The Labute approximate surface area is 90.8 Å². The largest absolute Gasteiger partial charge is 0.335 e. The second kappa shape index (κ2) is 2.83. The maximum Gasteiger partial charge on any atom is 0.227 e. The number of hydrogen-bond donors (Lipinski definition) is 0. The number of Topliss-reactive ketones (excluding diaryl/α,β-unsaturated/α-hetero) is 1. The summed E-state index contributed by atoms with van der Waals surface area (Å²) in [4.78, 5) is 25.0. The van der Waals surface area contributed by atoms with Gasteiger partial charge in [-0.15, -0.1) is 0 Å². The van der Waals surface area contributed by atoms with Gasteiger partial charge in [-0.3, -0.25) is 9.59 Å². The van der Waals surface area contributed by atoms with Crippen LogP contribution in [-0.4, -0.2) is 29.7 Å². The molecule has 1 aliphatic carbocycles. The van der Waals surface area contributed by atoms with E-state index in [-0.39, 0.29) is 28.4 Å². The summed E-state index contributed by atoms with van der Waals surface area (Å²) in [5.41, 5.74) is 0.158. The molecule has 1 saturated carbocycles. The summed E-state index contributed by atoms with van der Waals surface area (Å²) in [6, 6.07) is 0. The molecule has 0 spiro atoms. The first-order valence-electron chi connectivity index (χ1n) is 5.59. The van der Waals surface area contributed by atoms with Crippen molar-refractivity contribution in [2.24, 2.45) is 16.7 Å². The third-order valence-corrected chi connectivity index (χ3v) is 4.61. The lowest BCUT2D eigenvalue weighted by atomic mass is 10.0. The van der Waals surface area contributed by atoms with Crippen molar-refractivity contribution in [1.82, 2.24) is 4.90 Å². The summed E-state index contributed by atoms with van der Waals surface area (Å²) in [6.45, 7) is 9.49. The van der Waals surface area contributed by atoms with E-state index in [1.807, 2.05) is 0 Å². The van der Waals surface area contributed by atoms with Gasteiger partial charge in [-0.05, 0) is 10.8 Å². The number of likely N-dealkylation sites (tertiary alicyclic amines) is 1. The summed E-state index contributed by atoms with van der Waals surface area (Å²) < 4.78 is 0. The Kier molecular flexibility index (Phi) is 2.01. The standard InChI is InChI=1S/C12H19NO2/c1-11(2)9(12(11,3)4)10(15)13-6-5-8(14)7-13/h9H,5-7H2,1-4H3. The van der Waals surface area contributed by atoms with Gasteiger partial charge in [0.05, 0.1) is 6.54 Å². The first-order valence-corrected chi connectivity index (χ1v) is 5.59. The molecule has 2 rings (SSSR count). The molecular weight excluding hydrogens is 190 g/mol. The first kappa shape index (κ1) is 10.7. The lowest BCUT2D eigenvalue weighted by Crippen LogP contribution is -2.31. The fourth-order valence-corrected chi connectivity index (χ4v) is 2.82. The molecule has 0 bridgehead atoms. The molecule has 0 radical (unpaired) electrons. The van der Waals surface area contributed by atoms with Gasteiger partial charge < -0.3 is 4.90 Å². The molecule has 2 aliphatic rings. The molecule has 0 aromatic heterocycles. The van der Waals surface area contributed by atoms with E-state index in [0.29, 0.717) is 19.5 Å². The van der Waals surface area contributed by atoms with Crippen molar-refractivity contribution in [3.63, 3.8) is 0 Å². The van der Waals surface area contributed by atoms with Gasteiger partial charge in [-0.2, -0.15) is 0 Å². The molecule has 3 heteroatoms. The Hall–Kier alpha value is -0.860. The van der Waals surface area contributed by atoms with E-state index in [1.54, 1.807) is 4.90 Å². The Bertz CT molecular complexity index is 317. The van der Waals surface area contributed by atoms with Crippen molar-refractivity contribution in [2.75, 3.05) is 13.1 Å². The molecule has 0 aromatic rings. The minimum Gasteiger partial charge on any atom is -0.335 e. The van der Waals surface area contributed by atoms with Crippen LogP contribution in [0.15, 0.2) is 0 Å². The van der Waals surface area contributed by atoms with Crippen molar-refractivity contribution in [1.29, 1.82) is 0 Å². The fraction of sp³-hybridized carbons (Fsp3) is 0.833. The maximum absolute atomic E-state index is 12.2. The van der Waals surface area contributed by atoms with Crippen LogP contribution in [0.2, 0.25) is 0 Å². The van der Waals surface area contributed by atoms with Crippen LogP contribution < -0.4 is 0 Å². The van der Waals surface area contributed by atoms with Crippen LogP contribution in [0.4, 0.5) is 0 Å². The molecule has 1 saturated heterocycles. The highest BCUT2D eigenvalue weighted by atomic mass is 16.2. The van der Waals surface area contributed by atoms with E-state index >= 15 is 0 Å². The zero-order valence-electron chi connectivity index (χ0n) is 9.96. The van der Waals surface area contributed by atoms with Crippen LogP contribution in [0.5, 0.6) is 0 Å². The Morgan fingerprint density at radius 1 is 1.27 bits per heavy atom. The summed E-state index contributed by atoms with van der Waals surface area (Å²) in [7, 11) is 0. The van der Waals surface area contributed by atoms with Crippen molar-refractivity contribution in [2.45, 2.75) is 34.1 Å². The fourth-order valence-electron chi connectivity index (χ4n) is 2.82. The van der Waals surface area contributed by atoms with Gasteiger partial charge in [0.25, 0.3) is 0 Å². The van der Waals surface area contributed by atoms with Gasteiger partial charge in [0, 0.05) is 18.9 Å². The molecule has 2 fully saturated rings. The molecule has 0 N–H and O–H groups in total. The van der Waals surface area contributed by atoms with Crippen LogP contribution in [0.1, 0.15) is 34.1 Å². The topological polar surface area (TPSA) is 37.4 Å². The number of carbonyl (C=O) groups excluding carboxylic acids is 2. The molecular formula is C12H19NO2. The molecule has 15 heavy (non-hydrogen) atoms. The predicted octanol–water partition coefficient (Wildman–Crippen LogP) is 1.47. The molecule has 0 atom stereocenters. The van der Waals surface area contributed by atoms with Gasteiger partial charge in [0.1, 0.15) is 0 Å². The van der Waals surface area contributed by atoms with E-state index in [1.165, 1.54) is 0 Å². The molecule has 1 heterocycles. The lowest BCUT2D eigenvalue weighted by molar-refractivity contribution is -0.134. The number of rotatable bonds is 1. The summed E-state index contributed by atoms with van der Waals surface area (Å²) in [6.07, 6.45) is 0.541. The Morgan fingerprint density at radius 3 is 2.13 bits per heavy atom. The van der Waals surface area contributed by atoms with Crippen LogP contribution >= 0.6 is 0 Å². The normalized spacial score (nSPS) is 28.3. The van der Waals surface area contributed by atoms with Crippen LogP contribution in [0.3, 0.4) is 0 Å². The molecule has 0 aromatic carbocycles. The van der Waals surface area contributed by atoms with Crippen LogP contribution in [0.25, 0.3) is 0 Å². The van der Waals surface area contributed by atoms with Gasteiger partial charge in [-0.1, -0.05) is 27.7 Å². The van der Waals surface area contributed by atoms with Crippen molar-refractivity contribution >= 4 is 11.7 Å². The number of hydrogen-bond acceptors (Lipinski definition) is 2. The van der Waals surface area contributed by atoms with Crippen molar-refractivity contribution in [3.05, 3.63) is 0 Å². The average molecular weight is 209 g/mol. The van der Waals surface area contributed by atoms with E-state index in [4.69, 9.17) is 0 Å². The highest BCUT2D eigenvalue weighted by Gasteiger charge is 2.68. The zero-order valence-corrected chi connectivity index (χ0v) is 9.96. The lowest BCUT2D eigenvalue weighted by Gasteiger charge is -2.15.